The highest BCUT2D eigenvalue weighted by Gasteiger charge is 2.37. The minimum absolute atomic E-state index is 0.0281. The third-order valence-electron chi connectivity index (χ3n) is 7.20. The summed E-state index contributed by atoms with van der Waals surface area (Å²) >= 11 is 0. The lowest BCUT2D eigenvalue weighted by Gasteiger charge is -2.18. The quantitative estimate of drug-likeness (QED) is 0.410. The minimum Gasteiger partial charge on any atom is -0.480 e. The van der Waals surface area contributed by atoms with E-state index in [1.54, 1.807) is 0 Å². The molecule has 4 rings (SSSR count). The van der Waals surface area contributed by atoms with Crippen LogP contribution in [0.1, 0.15) is 62.5 Å². The fourth-order valence-electron chi connectivity index (χ4n) is 4.97. The first-order chi connectivity index (χ1) is 17.0. The molecule has 2 aromatic rings. The van der Waals surface area contributed by atoms with E-state index in [1.165, 1.54) is 22.3 Å². The number of nitrogens with one attached hydrogen (secondary N) is 2. The predicted molar refractivity (Wildman–Crippen MR) is 133 cm³/mol. The van der Waals surface area contributed by atoms with Gasteiger partial charge in [0.1, 0.15) is 12.6 Å². The molecule has 2 aliphatic carbocycles. The molecule has 2 unspecified atom stereocenters. The number of alkyl carbamates (subject to hydrolysis) is 1. The second-order valence-electron chi connectivity index (χ2n) is 9.57. The summed E-state index contributed by atoms with van der Waals surface area (Å²) in [6.07, 6.45) is 3.84. The van der Waals surface area contributed by atoms with Crippen LogP contribution in [-0.4, -0.2) is 42.3 Å². The Morgan fingerprint density at radius 3 is 2.20 bits per heavy atom. The normalized spacial score (nSPS) is 16.0. The number of rotatable bonds is 12. The van der Waals surface area contributed by atoms with Gasteiger partial charge in [-0.2, -0.15) is 0 Å². The van der Waals surface area contributed by atoms with E-state index in [9.17, 15) is 19.5 Å². The van der Waals surface area contributed by atoms with E-state index in [-0.39, 0.29) is 30.3 Å². The molecule has 1 saturated carbocycles. The van der Waals surface area contributed by atoms with E-state index in [2.05, 4.69) is 41.8 Å². The molecule has 2 amide bonds. The highest BCUT2D eigenvalue weighted by Crippen LogP contribution is 2.44. The van der Waals surface area contributed by atoms with Crippen molar-refractivity contribution >= 4 is 18.0 Å². The number of carbonyl (C=O) groups is 3. The highest BCUT2D eigenvalue weighted by atomic mass is 16.5. The highest BCUT2D eigenvalue weighted by molar-refractivity contribution is 5.84. The van der Waals surface area contributed by atoms with Crippen LogP contribution in [0.3, 0.4) is 0 Å². The van der Waals surface area contributed by atoms with Crippen molar-refractivity contribution in [3.05, 3.63) is 59.7 Å². The predicted octanol–water partition coefficient (Wildman–Crippen LogP) is 4.70. The van der Waals surface area contributed by atoms with Gasteiger partial charge in [-0.3, -0.25) is 4.79 Å². The average Bonchev–Trinajstić information content (AvgIpc) is 3.65. The summed E-state index contributed by atoms with van der Waals surface area (Å²) in [7, 11) is 0. The Morgan fingerprint density at radius 1 is 1.00 bits per heavy atom. The van der Waals surface area contributed by atoms with Gasteiger partial charge in [0.05, 0.1) is 0 Å². The second kappa shape index (κ2) is 11.4. The molecule has 35 heavy (non-hydrogen) atoms. The molecule has 2 aliphatic rings. The molecule has 0 spiro atoms. The van der Waals surface area contributed by atoms with Crippen LogP contribution in [0, 0.1) is 11.8 Å². The molecular formula is C28H34N2O5. The zero-order valence-corrected chi connectivity index (χ0v) is 20.2. The van der Waals surface area contributed by atoms with Gasteiger partial charge in [0, 0.05) is 18.9 Å². The SMILES string of the molecule is CCC(CCNC(=O)OCC1c2ccccc2-c2ccccc21)CCC(=O)NC(C(=O)O)C1CC1. The van der Waals surface area contributed by atoms with Gasteiger partial charge >= 0.3 is 12.1 Å². The van der Waals surface area contributed by atoms with Crippen molar-refractivity contribution in [1.29, 1.82) is 0 Å². The lowest BCUT2D eigenvalue weighted by Crippen LogP contribution is -2.42. The van der Waals surface area contributed by atoms with E-state index in [0.717, 1.165) is 25.7 Å². The van der Waals surface area contributed by atoms with Crippen molar-refractivity contribution in [3.63, 3.8) is 0 Å². The summed E-state index contributed by atoms with van der Waals surface area (Å²) in [4.78, 5) is 35.9. The molecule has 0 radical (unpaired) electrons. The maximum absolute atomic E-state index is 12.4. The lowest BCUT2D eigenvalue weighted by atomic mass is 9.96. The van der Waals surface area contributed by atoms with Crippen molar-refractivity contribution in [2.24, 2.45) is 11.8 Å². The Kier molecular flexibility index (Phi) is 8.06. The summed E-state index contributed by atoms with van der Waals surface area (Å²) in [5, 5.41) is 14.8. The number of carbonyl (C=O) groups excluding carboxylic acids is 2. The van der Waals surface area contributed by atoms with Gasteiger partial charge in [0.2, 0.25) is 5.91 Å². The number of fused-ring (bicyclic) bond motifs is 3. The van der Waals surface area contributed by atoms with Crippen molar-refractivity contribution in [3.8, 4) is 11.1 Å². The van der Waals surface area contributed by atoms with Gasteiger partial charge in [-0.05, 0) is 59.8 Å². The van der Waals surface area contributed by atoms with E-state index in [0.29, 0.717) is 19.4 Å². The van der Waals surface area contributed by atoms with E-state index < -0.39 is 18.1 Å². The maximum Gasteiger partial charge on any atom is 0.407 e. The number of carboxylic acids is 1. The molecule has 0 bridgehead atoms. The van der Waals surface area contributed by atoms with Crippen LogP contribution >= 0.6 is 0 Å². The molecule has 186 valence electrons. The van der Waals surface area contributed by atoms with Crippen molar-refractivity contribution in [1.82, 2.24) is 10.6 Å². The Balaban J connectivity index is 1.18. The number of benzene rings is 2. The van der Waals surface area contributed by atoms with Crippen LogP contribution < -0.4 is 10.6 Å². The van der Waals surface area contributed by atoms with Crippen LogP contribution in [0.25, 0.3) is 11.1 Å². The molecule has 0 saturated heterocycles. The number of hydrogen-bond donors (Lipinski definition) is 3. The fraction of sp³-hybridized carbons (Fsp3) is 0.464. The zero-order valence-electron chi connectivity index (χ0n) is 20.2. The van der Waals surface area contributed by atoms with Crippen molar-refractivity contribution in [2.75, 3.05) is 13.2 Å². The smallest absolute Gasteiger partial charge is 0.407 e. The fourth-order valence-corrected chi connectivity index (χ4v) is 4.97. The Labute approximate surface area is 206 Å². The van der Waals surface area contributed by atoms with Crippen LogP contribution in [0.15, 0.2) is 48.5 Å². The monoisotopic (exact) mass is 478 g/mol. The third kappa shape index (κ3) is 6.21. The van der Waals surface area contributed by atoms with Crippen LogP contribution in [0.4, 0.5) is 4.79 Å². The zero-order chi connectivity index (χ0) is 24.8. The Hall–Kier alpha value is -3.35. The topological polar surface area (TPSA) is 105 Å². The molecular weight excluding hydrogens is 444 g/mol. The van der Waals surface area contributed by atoms with Crippen molar-refractivity contribution in [2.45, 2.75) is 57.4 Å². The Bertz CT molecular complexity index is 1020. The van der Waals surface area contributed by atoms with Gasteiger partial charge in [-0.1, -0.05) is 61.9 Å². The number of ether oxygens (including phenoxy) is 1. The van der Waals surface area contributed by atoms with E-state index in [1.807, 2.05) is 24.3 Å². The maximum atomic E-state index is 12.4. The number of aliphatic carboxylic acids is 1. The summed E-state index contributed by atoms with van der Waals surface area (Å²) < 4.78 is 5.58. The van der Waals surface area contributed by atoms with Gasteiger partial charge in [0.25, 0.3) is 0 Å². The van der Waals surface area contributed by atoms with Crippen LogP contribution in [0.2, 0.25) is 0 Å². The molecule has 1 fully saturated rings. The first kappa shape index (κ1) is 24.8. The van der Waals surface area contributed by atoms with Gasteiger partial charge in [0.15, 0.2) is 0 Å². The third-order valence-corrected chi connectivity index (χ3v) is 7.20. The van der Waals surface area contributed by atoms with E-state index in [4.69, 9.17) is 4.74 Å². The number of carboxylic acid groups (broad SMARTS) is 1. The largest absolute Gasteiger partial charge is 0.480 e. The molecule has 2 atom stereocenters. The summed E-state index contributed by atoms with van der Waals surface area (Å²) in [6.45, 7) is 2.81. The Morgan fingerprint density at radius 2 is 1.63 bits per heavy atom. The number of hydrogen-bond acceptors (Lipinski definition) is 4. The van der Waals surface area contributed by atoms with Gasteiger partial charge < -0.3 is 20.5 Å². The van der Waals surface area contributed by atoms with Gasteiger partial charge in [-0.15, -0.1) is 0 Å². The first-order valence-corrected chi connectivity index (χ1v) is 12.6. The molecule has 2 aromatic carbocycles. The molecule has 7 heteroatoms. The van der Waals surface area contributed by atoms with Crippen molar-refractivity contribution < 1.29 is 24.2 Å². The number of amides is 2. The second-order valence-corrected chi connectivity index (χ2v) is 9.57. The first-order valence-electron chi connectivity index (χ1n) is 12.6. The van der Waals surface area contributed by atoms with E-state index >= 15 is 0 Å². The summed E-state index contributed by atoms with van der Waals surface area (Å²) in [6, 6.07) is 15.7. The summed E-state index contributed by atoms with van der Waals surface area (Å²) in [5.74, 6) is -0.814. The van der Waals surface area contributed by atoms with Crippen LogP contribution in [-0.2, 0) is 14.3 Å². The standard InChI is InChI=1S/C28H34N2O5/c1-2-18(11-14-25(31)30-26(27(32)33)19-12-13-19)15-16-29-28(34)35-17-24-22-9-5-3-7-20(22)21-8-4-6-10-23(21)24/h3-10,18-19,24,26H,2,11-17H2,1H3,(H,29,34)(H,30,31)(H,32,33). The van der Waals surface area contributed by atoms with Gasteiger partial charge in [-0.25, -0.2) is 9.59 Å². The molecule has 7 nitrogen and oxygen atoms in total. The lowest BCUT2D eigenvalue weighted by molar-refractivity contribution is -0.142. The molecule has 0 aromatic heterocycles. The molecule has 0 heterocycles. The molecule has 0 aliphatic heterocycles. The summed E-state index contributed by atoms with van der Waals surface area (Å²) in [5.41, 5.74) is 4.74. The average molecular weight is 479 g/mol. The van der Waals surface area contributed by atoms with Crippen LogP contribution in [0.5, 0.6) is 0 Å². The molecule has 3 N–H and O–H groups in total. The minimum atomic E-state index is -0.958.